The second-order valence-electron chi connectivity index (χ2n) is 5.50. The van der Waals surface area contributed by atoms with Gasteiger partial charge < -0.3 is 0 Å². The smallest absolute Gasteiger partial charge is 0.0818 e. The first-order chi connectivity index (χ1) is 11.2. The number of thiophene rings is 3. The molecule has 4 heterocycles. The molecule has 4 aromatic rings. The molecule has 0 aliphatic rings. The number of nitrogens with zero attached hydrogens (tertiary/aromatic N) is 1. The second kappa shape index (κ2) is 6.04. The minimum absolute atomic E-state index is 1.05. The maximum absolute atomic E-state index is 4.94. The molecule has 0 N–H and O–H groups in total. The van der Waals surface area contributed by atoms with Crippen LogP contribution in [0, 0.1) is 13.8 Å². The van der Waals surface area contributed by atoms with Crippen molar-refractivity contribution in [1.82, 2.24) is 4.98 Å². The van der Waals surface area contributed by atoms with E-state index in [1.165, 1.54) is 32.0 Å². The number of aromatic nitrogens is 1. The molecule has 0 aliphatic heterocycles. The van der Waals surface area contributed by atoms with Crippen LogP contribution in [0.4, 0.5) is 0 Å². The molecule has 0 aliphatic carbocycles. The molecule has 114 valence electrons. The largest absolute Gasteiger partial charge is 0.247 e. The molecule has 0 amide bonds. The predicted molar refractivity (Wildman–Crippen MR) is 104 cm³/mol. The maximum Gasteiger partial charge on any atom is 0.0818 e. The van der Waals surface area contributed by atoms with Crippen molar-refractivity contribution in [2.75, 3.05) is 0 Å². The normalized spacial score (nSPS) is 11.0. The van der Waals surface area contributed by atoms with Crippen molar-refractivity contribution in [2.24, 2.45) is 0 Å². The van der Waals surface area contributed by atoms with Gasteiger partial charge in [0.05, 0.1) is 16.3 Å². The molecule has 1 nitrogen and oxygen atoms in total. The van der Waals surface area contributed by atoms with E-state index in [9.17, 15) is 0 Å². The topological polar surface area (TPSA) is 12.9 Å². The van der Waals surface area contributed by atoms with Crippen LogP contribution in [0.25, 0.3) is 32.3 Å². The standard InChI is InChI=1S/C19H15NS3/c1-12-3-7-22-18(12)15-9-16(14-5-6-21-11-14)20-17(10-15)19-13(2)4-8-23-19/h3-11H,1-2H3. The van der Waals surface area contributed by atoms with Crippen molar-refractivity contribution < 1.29 is 0 Å². The number of pyridine rings is 1. The monoisotopic (exact) mass is 353 g/mol. The van der Waals surface area contributed by atoms with E-state index < -0.39 is 0 Å². The molecule has 0 radical (unpaired) electrons. The van der Waals surface area contributed by atoms with Gasteiger partial charge in [0.2, 0.25) is 0 Å². The van der Waals surface area contributed by atoms with Crippen molar-refractivity contribution in [1.29, 1.82) is 0 Å². The summed E-state index contributed by atoms with van der Waals surface area (Å²) in [5.41, 5.74) is 7.20. The van der Waals surface area contributed by atoms with E-state index in [1.807, 2.05) is 0 Å². The van der Waals surface area contributed by atoms with Crippen LogP contribution in [0.2, 0.25) is 0 Å². The van der Waals surface area contributed by atoms with Gasteiger partial charge in [0.1, 0.15) is 0 Å². The van der Waals surface area contributed by atoms with Gasteiger partial charge in [-0.15, -0.1) is 22.7 Å². The number of hydrogen-bond donors (Lipinski definition) is 0. The molecular formula is C19H15NS3. The lowest BCUT2D eigenvalue weighted by atomic mass is 10.1. The molecule has 0 bridgehead atoms. The average molecular weight is 354 g/mol. The molecule has 0 saturated carbocycles. The number of rotatable bonds is 3. The molecule has 4 aromatic heterocycles. The molecule has 4 rings (SSSR count). The fraction of sp³-hybridized carbons (Fsp3) is 0.105. The summed E-state index contributed by atoms with van der Waals surface area (Å²) in [4.78, 5) is 7.53. The SMILES string of the molecule is Cc1ccsc1-c1cc(-c2ccsc2)nc(-c2sccc2C)c1. The second-order valence-corrected chi connectivity index (χ2v) is 8.12. The molecule has 0 aromatic carbocycles. The van der Waals surface area contributed by atoms with Gasteiger partial charge in [0.15, 0.2) is 0 Å². The zero-order valence-electron chi connectivity index (χ0n) is 12.9. The Morgan fingerprint density at radius 1 is 0.739 bits per heavy atom. The minimum atomic E-state index is 1.05. The predicted octanol–water partition coefficient (Wildman–Crippen LogP) is 6.88. The van der Waals surface area contributed by atoms with Gasteiger partial charge in [-0.2, -0.15) is 11.3 Å². The lowest BCUT2D eigenvalue weighted by Gasteiger charge is -2.08. The van der Waals surface area contributed by atoms with Crippen LogP contribution >= 0.6 is 34.0 Å². The fourth-order valence-electron chi connectivity index (χ4n) is 2.64. The summed E-state index contributed by atoms with van der Waals surface area (Å²) in [6.07, 6.45) is 0. The van der Waals surface area contributed by atoms with Gasteiger partial charge in [-0.1, -0.05) is 0 Å². The Labute approximate surface area is 147 Å². The first kappa shape index (κ1) is 14.8. The van der Waals surface area contributed by atoms with Crippen LogP contribution < -0.4 is 0 Å². The van der Waals surface area contributed by atoms with Crippen LogP contribution in [-0.2, 0) is 0 Å². The summed E-state index contributed by atoms with van der Waals surface area (Å²) in [5.74, 6) is 0. The first-order valence-electron chi connectivity index (χ1n) is 7.36. The third-order valence-electron chi connectivity index (χ3n) is 3.86. The lowest BCUT2D eigenvalue weighted by molar-refractivity contribution is 1.33. The zero-order chi connectivity index (χ0) is 15.8. The first-order valence-corrected chi connectivity index (χ1v) is 10.1. The van der Waals surface area contributed by atoms with Gasteiger partial charge in [-0.05, 0) is 77.0 Å². The van der Waals surface area contributed by atoms with Crippen molar-refractivity contribution in [3.8, 4) is 32.3 Å². The molecule has 0 atom stereocenters. The van der Waals surface area contributed by atoms with E-state index in [1.54, 1.807) is 34.0 Å². The van der Waals surface area contributed by atoms with Crippen LogP contribution in [0.5, 0.6) is 0 Å². The van der Waals surface area contributed by atoms with E-state index >= 15 is 0 Å². The highest BCUT2D eigenvalue weighted by molar-refractivity contribution is 7.14. The van der Waals surface area contributed by atoms with E-state index in [0.717, 1.165) is 11.4 Å². The van der Waals surface area contributed by atoms with E-state index in [2.05, 4.69) is 65.7 Å². The molecular weight excluding hydrogens is 338 g/mol. The maximum atomic E-state index is 4.94. The summed E-state index contributed by atoms with van der Waals surface area (Å²) in [6.45, 7) is 4.33. The van der Waals surface area contributed by atoms with Crippen LogP contribution in [0.1, 0.15) is 11.1 Å². The van der Waals surface area contributed by atoms with Crippen LogP contribution in [0.3, 0.4) is 0 Å². The van der Waals surface area contributed by atoms with Crippen molar-refractivity contribution in [3.63, 3.8) is 0 Å². The fourth-order valence-corrected chi connectivity index (χ4v) is 5.09. The minimum Gasteiger partial charge on any atom is -0.247 e. The Hall–Kier alpha value is -1.75. The summed E-state index contributed by atoms with van der Waals surface area (Å²) in [7, 11) is 0. The Morgan fingerprint density at radius 3 is 2.04 bits per heavy atom. The van der Waals surface area contributed by atoms with Gasteiger partial charge in [-0.25, -0.2) is 4.98 Å². The Morgan fingerprint density at radius 2 is 1.43 bits per heavy atom. The van der Waals surface area contributed by atoms with Gasteiger partial charge in [-0.3, -0.25) is 0 Å². The van der Waals surface area contributed by atoms with E-state index in [-0.39, 0.29) is 0 Å². The van der Waals surface area contributed by atoms with Crippen LogP contribution in [0.15, 0.2) is 51.9 Å². The van der Waals surface area contributed by atoms with Crippen molar-refractivity contribution >= 4 is 34.0 Å². The molecule has 0 spiro atoms. The number of hydrogen-bond acceptors (Lipinski definition) is 4. The van der Waals surface area contributed by atoms with E-state index in [4.69, 9.17) is 4.98 Å². The molecule has 23 heavy (non-hydrogen) atoms. The molecule has 0 unspecified atom stereocenters. The zero-order valence-corrected chi connectivity index (χ0v) is 15.3. The summed E-state index contributed by atoms with van der Waals surface area (Å²) >= 11 is 5.27. The third-order valence-corrected chi connectivity index (χ3v) is 6.65. The Balaban J connectivity index is 1.95. The van der Waals surface area contributed by atoms with Crippen molar-refractivity contribution in [3.05, 3.63) is 63.0 Å². The van der Waals surface area contributed by atoms with Gasteiger partial charge >= 0.3 is 0 Å². The van der Waals surface area contributed by atoms with Gasteiger partial charge in [0.25, 0.3) is 0 Å². The Bertz CT molecular complexity index is 886. The number of aryl methyl sites for hydroxylation is 2. The lowest BCUT2D eigenvalue weighted by Crippen LogP contribution is -1.89. The molecule has 0 fully saturated rings. The summed E-state index contributed by atoms with van der Waals surface area (Å²) < 4.78 is 0. The molecule has 0 saturated heterocycles. The average Bonchev–Trinajstić information content (AvgIpc) is 3.28. The Kier molecular flexibility index (Phi) is 3.89. The third kappa shape index (κ3) is 2.78. The molecule has 4 heteroatoms. The van der Waals surface area contributed by atoms with Crippen LogP contribution in [-0.4, -0.2) is 4.98 Å². The highest BCUT2D eigenvalue weighted by Gasteiger charge is 2.13. The highest BCUT2D eigenvalue weighted by atomic mass is 32.1. The van der Waals surface area contributed by atoms with Gasteiger partial charge in [0, 0.05) is 15.8 Å². The summed E-state index contributed by atoms with van der Waals surface area (Å²) in [5, 5.41) is 8.57. The van der Waals surface area contributed by atoms with Crippen molar-refractivity contribution in [2.45, 2.75) is 13.8 Å². The summed E-state index contributed by atoms with van der Waals surface area (Å²) in [6, 6.07) is 10.9. The highest BCUT2D eigenvalue weighted by Crippen LogP contribution is 2.37. The quantitative estimate of drug-likeness (QED) is 0.391. The van der Waals surface area contributed by atoms with E-state index in [0.29, 0.717) is 0 Å².